The fraction of sp³-hybridized carbons (Fsp3) is 0.455. The van der Waals surface area contributed by atoms with Gasteiger partial charge in [0.15, 0.2) is 0 Å². The van der Waals surface area contributed by atoms with Crippen molar-refractivity contribution in [1.29, 1.82) is 0 Å². The number of hydrogen-bond donors (Lipinski definition) is 1. The summed E-state index contributed by atoms with van der Waals surface area (Å²) < 4.78 is 47.1. The number of anilines is 1. The van der Waals surface area contributed by atoms with Gasteiger partial charge in [-0.1, -0.05) is 0 Å². The molecule has 0 bridgehead atoms. The summed E-state index contributed by atoms with van der Waals surface area (Å²) in [7, 11) is -4.49. The number of alkyl halides is 2. The van der Waals surface area contributed by atoms with Gasteiger partial charge in [-0.05, 0) is 36.4 Å². The molecule has 2 rings (SSSR count). The van der Waals surface area contributed by atoms with Crippen molar-refractivity contribution >= 4 is 27.3 Å². The second kappa shape index (κ2) is 5.44. The zero-order valence-corrected chi connectivity index (χ0v) is 11.1. The highest BCUT2D eigenvalue weighted by atomic mass is 32.2. The average molecular weight is 293 g/mol. The van der Waals surface area contributed by atoms with Gasteiger partial charge < -0.3 is 5.32 Å². The van der Waals surface area contributed by atoms with E-state index in [4.69, 9.17) is 0 Å². The van der Waals surface area contributed by atoms with Gasteiger partial charge in [-0.25, -0.2) is 8.42 Å². The van der Waals surface area contributed by atoms with Gasteiger partial charge in [-0.2, -0.15) is 20.5 Å². The predicted octanol–water partition coefficient (Wildman–Crippen LogP) is 2.60. The Morgan fingerprint density at radius 2 is 1.94 bits per heavy atom. The average Bonchev–Trinajstić information content (AvgIpc) is 2.82. The largest absolute Gasteiger partial charge is 0.381 e. The van der Waals surface area contributed by atoms with Crippen LogP contribution in [0.15, 0.2) is 29.2 Å². The third-order valence-electron chi connectivity index (χ3n) is 2.72. The minimum absolute atomic E-state index is 0.344. The van der Waals surface area contributed by atoms with Crippen molar-refractivity contribution < 1.29 is 17.2 Å². The van der Waals surface area contributed by atoms with E-state index in [1.54, 1.807) is 0 Å². The van der Waals surface area contributed by atoms with Crippen LogP contribution in [-0.2, 0) is 9.84 Å². The van der Waals surface area contributed by atoms with E-state index < -0.39 is 15.6 Å². The van der Waals surface area contributed by atoms with Crippen LogP contribution in [-0.4, -0.2) is 31.7 Å². The van der Waals surface area contributed by atoms with E-state index in [1.165, 1.54) is 24.3 Å². The normalized spacial score (nSPS) is 20.3. The number of halogens is 2. The van der Waals surface area contributed by atoms with Gasteiger partial charge in [0.1, 0.15) is 0 Å². The summed E-state index contributed by atoms with van der Waals surface area (Å²) in [5.74, 6) is -1.25. The molecule has 1 unspecified atom stereocenters. The van der Waals surface area contributed by atoms with Crippen molar-refractivity contribution in [3.8, 4) is 0 Å². The number of hydrogen-bond acceptors (Lipinski definition) is 4. The van der Waals surface area contributed by atoms with Crippen LogP contribution in [0.1, 0.15) is 6.42 Å². The van der Waals surface area contributed by atoms with Crippen molar-refractivity contribution in [2.24, 2.45) is 0 Å². The smallest absolute Gasteiger partial charge is 0.341 e. The molecule has 1 aromatic carbocycles. The van der Waals surface area contributed by atoms with E-state index in [0.29, 0.717) is 6.04 Å². The Morgan fingerprint density at radius 1 is 1.28 bits per heavy atom. The van der Waals surface area contributed by atoms with Crippen LogP contribution in [0, 0.1) is 0 Å². The lowest BCUT2D eigenvalue weighted by Crippen LogP contribution is -2.18. The lowest BCUT2D eigenvalue weighted by atomic mass is 10.2. The molecule has 0 radical (unpaired) electrons. The van der Waals surface area contributed by atoms with E-state index in [1.807, 2.05) is 11.8 Å². The fourth-order valence-electron chi connectivity index (χ4n) is 1.73. The maximum absolute atomic E-state index is 12.3. The second-order valence-corrected chi connectivity index (χ2v) is 7.10. The van der Waals surface area contributed by atoms with Crippen LogP contribution in [0.25, 0.3) is 0 Å². The molecule has 0 amide bonds. The Bertz CT molecular complexity index is 496. The first-order valence-electron chi connectivity index (χ1n) is 5.46. The Kier molecular flexibility index (Phi) is 4.11. The summed E-state index contributed by atoms with van der Waals surface area (Å²) in [4.78, 5) is -0.344. The van der Waals surface area contributed by atoms with Crippen molar-refractivity contribution in [3.63, 3.8) is 0 Å². The molecule has 1 heterocycles. The van der Waals surface area contributed by atoms with Gasteiger partial charge in [0, 0.05) is 17.5 Å². The number of benzene rings is 1. The van der Waals surface area contributed by atoms with Crippen LogP contribution in [0.5, 0.6) is 0 Å². The number of sulfone groups is 1. The summed E-state index contributed by atoms with van der Waals surface area (Å²) in [6.07, 6.45) is 1.06. The first-order chi connectivity index (χ1) is 8.50. The van der Waals surface area contributed by atoms with E-state index in [2.05, 4.69) is 5.32 Å². The molecular weight excluding hydrogens is 280 g/mol. The highest BCUT2D eigenvalue weighted by Crippen LogP contribution is 2.23. The van der Waals surface area contributed by atoms with Gasteiger partial charge in [-0.15, -0.1) is 0 Å². The van der Waals surface area contributed by atoms with E-state index in [9.17, 15) is 17.2 Å². The van der Waals surface area contributed by atoms with E-state index >= 15 is 0 Å². The Morgan fingerprint density at radius 3 is 2.44 bits per heavy atom. The molecule has 0 aromatic heterocycles. The Hall–Kier alpha value is -0.820. The standard InChI is InChI=1S/C11H13F2NO2S2/c12-11(13)18(15,16)10-3-1-8(2-4-10)14-9-5-6-17-7-9/h1-4,9,11,14H,5-7H2. The molecule has 0 saturated carbocycles. The zero-order valence-electron chi connectivity index (χ0n) is 9.47. The van der Waals surface area contributed by atoms with Crippen LogP contribution < -0.4 is 5.32 Å². The summed E-state index contributed by atoms with van der Waals surface area (Å²) in [5, 5.41) is 3.25. The lowest BCUT2D eigenvalue weighted by Gasteiger charge is -2.13. The van der Waals surface area contributed by atoms with Gasteiger partial charge >= 0.3 is 5.76 Å². The van der Waals surface area contributed by atoms with E-state index in [0.717, 1.165) is 23.6 Å². The molecule has 3 nitrogen and oxygen atoms in total. The molecule has 1 aliphatic heterocycles. The van der Waals surface area contributed by atoms with Crippen molar-refractivity contribution in [3.05, 3.63) is 24.3 Å². The molecule has 1 atom stereocenters. The second-order valence-electron chi connectivity index (χ2n) is 4.03. The summed E-state index contributed by atoms with van der Waals surface area (Å²) in [5.41, 5.74) is 0.760. The summed E-state index contributed by atoms with van der Waals surface area (Å²) >= 11 is 1.86. The van der Waals surface area contributed by atoms with Gasteiger partial charge in [0.25, 0.3) is 0 Å². The third-order valence-corrected chi connectivity index (χ3v) is 5.28. The lowest BCUT2D eigenvalue weighted by molar-refractivity contribution is 0.234. The number of rotatable bonds is 4. The quantitative estimate of drug-likeness (QED) is 0.927. The minimum Gasteiger partial charge on any atom is -0.381 e. The van der Waals surface area contributed by atoms with E-state index in [-0.39, 0.29) is 4.90 Å². The third kappa shape index (κ3) is 2.95. The molecule has 0 aliphatic carbocycles. The molecule has 7 heteroatoms. The summed E-state index contributed by atoms with van der Waals surface area (Å²) in [6.45, 7) is 0. The molecule has 1 aromatic rings. The van der Waals surface area contributed by atoms with Crippen molar-refractivity contribution in [2.75, 3.05) is 16.8 Å². The number of nitrogens with one attached hydrogen (secondary N) is 1. The van der Waals surface area contributed by atoms with Gasteiger partial charge in [-0.3, -0.25) is 0 Å². The molecule has 1 fully saturated rings. The monoisotopic (exact) mass is 293 g/mol. The molecule has 1 saturated heterocycles. The van der Waals surface area contributed by atoms with Crippen molar-refractivity contribution in [2.45, 2.75) is 23.1 Å². The minimum atomic E-state index is -4.49. The molecule has 0 spiro atoms. The zero-order chi connectivity index (χ0) is 13.2. The molecule has 1 N–H and O–H groups in total. The molecule has 1 aliphatic rings. The summed E-state index contributed by atoms with van der Waals surface area (Å²) in [6, 6.07) is 5.85. The van der Waals surface area contributed by atoms with Crippen LogP contribution in [0.3, 0.4) is 0 Å². The highest BCUT2D eigenvalue weighted by Gasteiger charge is 2.26. The Labute approximate surface area is 109 Å². The fourth-order valence-corrected chi connectivity index (χ4v) is 3.60. The van der Waals surface area contributed by atoms with Crippen LogP contribution in [0.2, 0.25) is 0 Å². The SMILES string of the molecule is O=S(=O)(c1ccc(NC2CCSC2)cc1)C(F)F. The van der Waals surface area contributed by atoms with Crippen LogP contribution in [0.4, 0.5) is 14.5 Å². The first kappa shape index (κ1) is 13.6. The number of thioether (sulfide) groups is 1. The predicted molar refractivity (Wildman–Crippen MR) is 69.0 cm³/mol. The van der Waals surface area contributed by atoms with Crippen LogP contribution >= 0.6 is 11.8 Å². The maximum atomic E-state index is 12.3. The van der Waals surface area contributed by atoms with Crippen molar-refractivity contribution in [1.82, 2.24) is 0 Å². The topological polar surface area (TPSA) is 46.2 Å². The van der Waals surface area contributed by atoms with Gasteiger partial charge in [0.05, 0.1) is 4.90 Å². The maximum Gasteiger partial charge on any atom is 0.341 e. The first-order valence-corrected chi connectivity index (χ1v) is 8.16. The molecule has 100 valence electrons. The molecular formula is C11H13F2NO2S2. The van der Waals surface area contributed by atoms with Gasteiger partial charge in [0.2, 0.25) is 9.84 Å². The highest BCUT2D eigenvalue weighted by molar-refractivity contribution is 7.99. The molecule has 18 heavy (non-hydrogen) atoms. The Balaban J connectivity index is 2.10.